The van der Waals surface area contributed by atoms with Crippen molar-refractivity contribution in [3.05, 3.63) is 30.1 Å². The average molecular weight is 297 g/mol. The predicted octanol–water partition coefficient (Wildman–Crippen LogP) is 2.59. The summed E-state index contributed by atoms with van der Waals surface area (Å²) in [5.41, 5.74) is -0.224. The molecule has 0 aromatic heterocycles. The molecule has 1 aliphatic rings. The summed E-state index contributed by atoms with van der Waals surface area (Å²) in [6.07, 6.45) is 2.84. The van der Waals surface area contributed by atoms with E-state index in [4.69, 9.17) is 0 Å². The zero-order chi connectivity index (χ0) is 14.6. The number of hydrogen-bond donors (Lipinski definition) is 2. The molecule has 2 N–H and O–H groups in total. The molecule has 20 heavy (non-hydrogen) atoms. The van der Waals surface area contributed by atoms with Crippen LogP contribution in [0.5, 0.6) is 0 Å². The van der Waals surface area contributed by atoms with E-state index in [-0.39, 0.29) is 35.5 Å². The normalized spacial score (nSPS) is 25.6. The lowest BCUT2D eigenvalue weighted by Gasteiger charge is -2.30. The fourth-order valence-corrected chi connectivity index (χ4v) is 3.36. The number of amides is 1. The van der Waals surface area contributed by atoms with E-state index in [1.54, 1.807) is 18.2 Å². The first-order chi connectivity index (χ1) is 9.55. The Morgan fingerprint density at radius 1 is 1.55 bits per heavy atom. The van der Waals surface area contributed by atoms with Crippen LogP contribution in [0.25, 0.3) is 0 Å². The van der Waals surface area contributed by atoms with Gasteiger partial charge in [0, 0.05) is 16.4 Å². The van der Waals surface area contributed by atoms with E-state index in [2.05, 4.69) is 5.32 Å². The van der Waals surface area contributed by atoms with Gasteiger partial charge >= 0.3 is 0 Å². The molecule has 0 heterocycles. The van der Waals surface area contributed by atoms with Crippen LogP contribution in [0.4, 0.5) is 4.39 Å². The number of nitrogens with one attached hydrogen (secondary N) is 1. The first-order valence-corrected chi connectivity index (χ1v) is 7.81. The van der Waals surface area contributed by atoms with Crippen LogP contribution in [0, 0.1) is 11.2 Å². The number of aliphatic hydroxyl groups excluding tert-OH is 1. The minimum absolute atomic E-state index is 0.0150. The molecule has 2 atom stereocenters. The standard InChI is InChI=1S/C15H20FNO2S/c1-15(10-18)8-4-7-13(15)17-14(19)9-20-12-6-3-2-5-11(12)16/h2-3,5-6,13,18H,4,7-10H2,1H3,(H,17,19). The van der Waals surface area contributed by atoms with Gasteiger partial charge in [0.15, 0.2) is 0 Å². The molecule has 0 saturated heterocycles. The predicted molar refractivity (Wildman–Crippen MR) is 78.1 cm³/mol. The van der Waals surface area contributed by atoms with Gasteiger partial charge in [0.2, 0.25) is 5.91 Å². The highest BCUT2D eigenvalue weighted by molar-refractivity contribution is 8.00. The van der Waals surface area contributed by atoms with E-state index in [0.29, 0.717) is 4.90 Å². The lowest BCUT2D eigenvalue weighted by atomic mass is 9.86. The zero-order valence-corrected chi connectivity index (χ0v) is 12.4. The van der Waals surface area contributed by atoms with Gasteiger partial charge in [0.25, 0.3) is 0 Å². The van der Waals surface area contributed by atoms with Gasteiger partial charge < -0.3 is 10.4 Å². The number of aliphatic hydroxyl groups is 1. The van der Waals surface area contributed by atoms with Gasteiger partial charge in [0.05, 0.1) is 12.4 Å². The quantitative estimate of drug-likeness (QED) is 0.821. The summed E-state index contributed by atoms with van der Waals surface area (Å²) in [6, 6.07) is 6.45. The van der Waals surface area contributed by atoms with Crippen molar-refractivity contribution in [2.45, 2.75) is 37.1 Å². The van der Waals surface area contributed by atoms with E-state index < -0.39 is 0 Å². The number of rotatable bonds is 5. The Bertz CT molecular complexity index is 483. The summed E-state index contributed by atoms with van der Waals surface area (Å²) in [6.45, 7) is 2.08. The first-order valence-electron chi connectivity index (χ1n) is 6.83. The summed E-state index contributed by atoms with van der Waals surface area (Å²) >= 11 is 1.20. The minimum atomic E-state index is -0.300. The van der Waals surface area contributed by atoms with Crippen LogP contribution in [0.3, 0.4) is 0 Å². The van der Waals surface area contributed by atoms with Gasteiger partial charge in [-0.1, -0.05) is 25.5 Å². The van der Waals surface area contributed by atoms with Gasteiger partial charge in [-0.3, -0.25) is 4.79 Å². The SMILES string of the molecule is CC1(CO)CCCC1NC(=O)CSc1ccccc1F. The van der Waals surface area contributed by atoms with Crippen molar-refractivity contribution < 1.29 is 14.3 Å². The van der Waals surface area contributed by atoms with Crippen molar-refractivity contribution in [2.75, 3.05) is 12.4 Å². The molecule has 0 aliphatic heterocycles. The maximum Gasteiger partial charge on any atom is 0.230 e. The molecule has 3 nitrogen and oxygen atoms in total. The monoisotopic (exact) mass is 297 g/mol. The Labute approximate surface area is 123 Å². The van der Waals surface area contributed by atoms with Crippen LogP contribution in [0.15, 0.2) is 29.2 Å². The second kappa shape index (κ2) is 6.59. The van der Waals surface area contributed by atoms with E-state index in [1.807, 2.05) is 6.92 Å². The Morgan fingerprint density at radius 2 is 2.30 bits per heavy atom. The molecule has 0 bridgehead atoms. The summed E-state index contributed by atoms with van der Waals surface area (Å²) < 4.78 is 13.4. The highest BCUT2D eigenvalue weighted by Gasteiger charge is 2.38. The van der Waals surface area contributed by atoms with Crippen LogP contribution < -0.4 is 5.32 Å². The van der Waals surface area contributed by atoms with E-state index in [0.717, 1.165) is 19.3 Å². The fourth-order valence-electron chi connectivity index (χ4n) is 2.61. The van der Waals surface area contributed by atoms with Crippen molar-refractivity contribution in [2.24, 2.45) is 5.41 Å². The molecule has 0 radical (unpaired) electrons. The molecule has 2 unspecified atom stereocenters. The van der Waals surface area contributed by atoms with E-state index in [1.165, 1.54) is 17.8 Å². The molecule has 1 aromatic carbocycles. The average Bonchev–Trinajstić information content (AvgIpc) is 2.80. The molecule has 1 aliphatic carbocycles. The molecule has 5 heteroatoms. The van der Waals surface area contributed by atoms with Gasteiger partial charge in [-0.2, -0.15) is 0 Å². The number of hydrogen-bond acceptors (Lipinski definition) is 3. The molecule has 0 spiro atoms. The van der Waals surface area contributed by atoms with Crippen molar-refractivity contribution in [3.63, 3.8) is 0 Å². The lowest BCUT2D eigenvalue weighted by molar-refractivity contribution is -0.120. The maximum absolute atomic E-state index is 13.4. The summed E-state index contributed by atoms with van der Waals surface area (Å²) in [5.74, 6) is -0.213. The van der Waals surface area contributed by atoms with Crippen LogP contribution >= 0.6 is 11.8 Å². The molecular weight excluding hydrogens is 277 g/mol. The number of thioether (sulfide) groups is 1. The second-order valence-corrected chi connectivity index (χ2v) is 6.56. The number of benzene rings is 1. The van der Waals surface area contributed by atoms with Crippen molar-refractivity contribution in [1.82, 2.24) is 5.32 Å². The highest BCUT2D eigenvalue weighted by atomic mass is 32.2. The van der Waals surface area contributed by atoms with Crippen molar-refractivity contribution in [1.29, 1.82) is 0 Å². The summed E-state index contributed by atoms with van der Waals surface area (Å²) in [7, 11) is 0. The zero-order valence-electron chi connectivity index (χ0n) is 11.6. The lowest BCUT2D eigenvalue weighted by Crippen LogP contribution is -2.45. The third-order valence-electron chi connectivity index (χ3n) is 3.97. The van der Waals surface area contributed by atoms with E-state index >= 15 is 0 Å². The molecular formula is C15H20FNO2S. The number of carbonyl (C=O) groups excluding carboxylic acids is 1. The molecule has 1 aromatic rings. The Hall–Kier alpha value is -1.07. The number of halogens is 1. The smallest absolute Gasteiger partial charge is 0.230 e. The van der Waals surface area contributed by atoms with Crippen molar-refractivity contribution >= 4 is 17.7 Å². The van der Waals surface area contributed by atoms with Crippen LogP contribution in [0.1, 0.15) is 26.2 Å². The molecule has 1 fully saturated rings. The highest BCUT2D eigenvalue weighted by Crippen LogP contribution is 2.37. The Balaban J connectivity index is 1.86. The first kappa shape index (κ1) is 15.3. The summed E-state index contributed by atoms with van der Waals surface area (Å²) in [4.78, 5) is 12.4. The molecule has 1 saturated carbocycles. The maximum atomic E-state index is 13.4. The Kier molecular flexibility index (Phi) is 5.05. The van der Waals surface area contributed by atoms with Gasteiger partial charge in [-0.05, 0) is 25.0 Å². The van der Waals surface area contributed by atoms with Crippen LogP contribution in [-0.4, -0.2) is 29.4 Å². The fraction of sp³-hybridized carbons (Fsp3) is 0.533. The van der Waals surface area contributed by atoms with Crippen LogP contribution in [0.2, 0.25) is 0 Å². The van der Waals surface area contributed by atoms with Gasteiger partial charge in [-0.15, -0.1) is 11.8 Å². The van der Waals surface area contributed by atoms with Gasteiger partial charge in [-0.25, -0.2) is 4.39 Å². The number of carbonyl (C=O) groups is 1. The molecule has 110 valence electrons. The largest absolute Gasteiger partial charge is 0.396 e. The van der Waals surface area contributed by atoms with Crippen molar-refractivity contribution in [3.8, 4) is 0 Å². The molecule has 1 amide bonds. The topological polar surface area (TPSA) is 49.3 Å². The van der Waals surface area contributed by atoms with Gasteiger partial charge in [0.1, 0.15) is 5.82 Å². The Morgan fingerprint density at radius 3 is 3.00 bits per heavy atom. The third kappa shape index (κ3) is 3.52. The van der Waals surface area contributed by atoms with Crippen LogP contribution in [-0.2, 0) is 4.79 Å². The van der Waals surface area contributed by atoms with E-state index in [9.17, 15) is 14.3 Å². The minimum Gasteiger partial charge on any atom is -0.396 e. The molecule has 2 rings (SSSR count). The second-order valence-electron chi connectivity index (χ2n) is 5.54. The summed E-state index contributed by atoms with van der Waals surface area (Å²) in [5, 5.41) is 12.4. The third-order valence-corrected chi connectivity index (χ3v) is 5.02.